The van der Waals surface area contributed by atoms with Gasteiger partial charge in [0.15, 0.2) is 37.7 Å². The summed E-state index contributed by atoms with van der Waals surface area (Å²) in [7, 11) is 0. The second-order valence-electron chi connectivity index (χ2n) is 18.4. The summed E-state index contributed by atoms with van der Waals surface area (Å²) < 4.78 is 70.7. The predicted octanol–water partition coefficient (Wildman–Crippen LogP) is -8.55. The van der Waals surface area contributed by atoms with Gasteiger partial charge in [0.05, 0.1) is 44.7 Å². The predicted molar refractivity (Wildman–Crippen MR) is 210 cm³/mol. The molecule has 22 saturated heterocycles. The molecular formula is C40H68O27. The van der Waals surface area contributed by atoms with Crippen molar-refractivity contribution >= 4 is 0 Å². The zero-order valence-corrected chi connectivity index (χ0v) is 36.9. The highest BCUT2D eigenvalue weighted by atomic mass is 16.8. The van der Waals surface area contributed by atoms with E-state index in [0.717, 1.165) is 0 Å². The summed E-state index contributed by atoms with van der Waals surface area (Å²) in [4.78, 5) is 0. The molecule has 22 rings (SSSR count). The molecule has 22 heterocycles. The second-order valence-corrected chi connectivity index (χ2v) is 18.4. The van der Waals surface area contributed by atoms with Gasteiger partial charge in [-0.3, -0.25) is 0 Å². The van der Waals surface area contributed by atoms with Gasteiger partial charge in [-0.2, -0.15) is 0 Å². The Morgan fingerprint density at radius 2 is 0.627 bits per heavy atom. The number of ether oxygens (including phenoxy) is 12. The minimum absolute atomic E-state index is 0.0913. The normalized spacial score (nSPS) is 53.7. The van der Waals surface area contributed by atoms with Crippen LogP contribution in [0, 0.1) is 5.92 Å². The fourth-order valence-electron chi connectivity index (χ4n) is 9.62. The van der Waals surface area contributed by atoms with Gasteiger partial charge >= 0.3 is 0 Å². The molecule has 0 amide bonds. The fraction of sp³-hybridized carbons (Fsp3) is 1.00. The van der Waals surface area contributed by atoms with Gasteiger partial charge in [0.2, 0.25) is 0 Å². The van der Waals surface area contributed by atoms with E-state index < -0.39 is 205 Å². The maximum absolute atomic E-state index is 11.5. The average molecular weight is 981 g/mol. The number of aliphatic hydroxyl groups excluding tert-OH is 15. The molecule has 0 saturated carbocycles. The quantitative estimate of drug-likeness (QED) is 0.113. The Bertz CT molecular complexity index is 1530. The molecule has 29 unspecified atom stereocenters. The van der Waals surface area contributed by atoms with Crippen molar-refractivity contribution in [3.8, 4) is 0 Å². The first kappa shape index (κ1) is 53.7. The van der Waals surface area contributed by atoms with Crippen LogP contribution in [-0.2, 0) is 56.8 Å². The van der Waals surface area contributed by atoms with Gasteiger partial charge in [0.25, 0.3) is 0 Å². The first-order valence-corrected chi connectivity index (χ1v) is 22.6. The van der Waals surface area contributed by atoms with Crippen LogP contribution in [0.3, 0.4) is 0 Å². The molecule has 15 N–H and O–H groups in total. The van der Waals surface area contributed by atoms with Gasteiger partial charge < -0.3 is 133 Å². The van der Waals surface area contributed by atoms with Crippen LogP contribution in [0.4, 0.5) is 0 Å². The van der Waals surface area contributed by atoms with Crippen LogP contribution < -0.4 is 0 Å². The van der Waals surface area contributed by atoms with E-state index >= 15 is 0 Å². The molecule has 29 atom stereocenters. The number of hydrogen-bond donors (Lipinski definition) is 15. The number of hydrogen-bond acceptors (Lipinski definition) is 27. The molecule has 0 aromatic heterocycles. The maximum Gasteiger partial charge on any atom is 0.187 e. The van der Waals surface area contributed by atoms with Gasteiger partial charge in [-0.1, -0.05) is 20.8 Å². The first-order chi connectivity index (χ1) is 31.8. The van der Waals surface area contributed by atoms with Crippen LogP contribution >= 0.6 is 0 Å². The molecule has 67 heavy (non-hydrogen) atoms. The molecule has 27 nitrogen and oxygen atoms in total. The molecule has 0 radical (unpaired) electrons. The van der Waals surface area contributed by atoms with E-state index in [1.165, 1.54) is 0 Å². The van der Waals surface area contributed by atoms with Crippen molar-refractivity contribution in [1.29, 1.82) is 0 Å². The van der Waals surface area contributed by atoms with Crippen molar-refractivity contribution in [2.75, 3.05) is 26.4 Å². The standard InChI is InChI=1S/C40H68O27/c1-4-13-31-20(46)25(51)36(57-13)64-32-16(8-42)59-38(27(53)22(32)48)66-34-18(10-44)61-40(29(55)24(34)50)67-35-17(9-43)60-39(28(54)23(35)49)65-33-15(7-41)58-37(26(52)21(33)47)63-30-12(45)6-19(62-31)56-14(30)5-11(2)3/h11-55H,4-10H2,1-3H3. The molecule has 22 aliphatic rings. The van der Waals surface area contributed by atoms with E-state index in [-0.39, 0.29) is 25.2 Å². The fourth-order valence-corrected chi connectivity index (χ4v) is 9.62. The lowest BCUT2D eigenvalue weighted by molar-refractivity contribution is -0.399. The lowest BCUT2D eigenvalue weighted by Crippen LogP contribution is -2.68. The lowest BCUT2D eigenvalue weighted by Gasteiger charge is -2.50. The van der Waals surface area contributed by atoms with E-state index in [1.54, 1.807) is 6.92 Å². The van der Waals surface area contributed by atoms with Gasteiger partial charge in [-0.15, -0.1) is 0 Å². The largest absolute Gasteiger partial charge is 0.394 e. The lowest BCUT2D eigenvalue weighted by atomic mass is 9.93. The topological polar surface area (TPSA) is 414 Å². The second kappa shape index (κ2) is 22.8. The highest BCUT2D eigenvalue weighted by Gasteiger charge is 2.58. The van der Waals surface area contributed by atoms with Crippen molar-refractivity contribution in [3.63, 3.8) is 0 Å². The van der Waals surface area contributed by atoms with Crippen molar-refractivity contribution < 1.29 is 133 Å². The molecule has 27 heteroatoms. The summed E-state index contributed by atoms with van der Waals surface area (Å²) in [6.07, 6.45) is -49.6. The molecule has 0 aromatic carbocycles. The van der Waals surface area contributed by atoms with Gasteiger partial charge in [0, 0.05) is 6.42 Å². The van der Waals surface area contributed by atoms with Crippen LogP contribution in [0.1, 0.15) is 40.0 Å². The molecule has 22 aliphatic heterocycles. The Morgan fingerprint density at radius 3 is 0.910 bits per heavy atom. The summed E-state index contributed by atoms with van der Waals surface area (Å²) >= 11 is 0. The monoisotopic (exact) mass is 980 g/mol. The van der Waals surface area contributed by atoms with E-state index in [0.29, 0.717) is 0 Å². The number of rotatable bonds is 7. The van der Waals surface area contributed by atoms with Crippen molar-refractivity contribution in [2.24, 2.45) is 5.92 Å². The third kappa shape index (κ3) is 11.0. The molecule has 12 bridgehead atoms. The summed E-state index contributed by atoms with van der Waals surface area (Å²) in [5, 5.41) is 166. The molecule has 0 aliphatic carbocycles. The van der Waals surface area contributed by atoms with Crippen molar-refractivity contribution in [3.05, 3.63) is 0 Å². The highest BCUT2D eigenvalue weighted by molar-refractivity contribution is 5.00. The molecule has 0 aromatic rings. The maximum atomic E-state index is 11.5. The minimum atomic E-state index is -2.10. The highest BCUT2D eigenvalue weighted by Crippen LogP contribution is 2.39. The van der Waals surface area contributed by atoms with Gasteiger partial charge in [-0.25, -0.2) is 0 Å². The van der Waals surface area contributed by atoms with Crippen LogP contribution in [0.2, 0.25) is 0 Å². The average Bonchev–Trinajstić information content (AvgIpc) is 3.30. The van der Waals surface area contributed by atoms with Crippen LogP contribution in [0.5, 0.6) is 0 Å². The SMILES string of the molecule is CCC1OC2OC3C(CO)OC(OC4C(CO)OC(OC5C(CO)OC(OC6C(CO)OC(OC7C(O)CC(OC7CC(C)C)OC1C(O)C2O)C(O)C6O)C(O)C5O)C(O)C4O)C(O)C3O. The van der Waals surface area contributed by atoms with Crippen LogP contribution in [0.25, 0.3) is 0 Å². The van der Waals surface area contributed by atoms with Gasteiger partial charge in [0.1, 0.15) is 122 Å². The third-order valence-corrected chi connectivity index (χ3v) is 13.3. The zero-order valence-electron chi connectivity index (χ0n) is 36.9. The third-order valence-electron chi connectivity index (χ3n) is 13.3. The Labute approximate surface area is 383 Å². The van der Waals surface area contributed by atoms with Crippen LogP contribution in [0.15, 0.2) is 0 Å². The first-order valence-electron chi connectivity index (χ1n) is 22.6. The summed E-state index contributed by atoms with van der Waals surface area (Å²) in [5.74, 6) is -0.0913. The Hall–Kier alpha value is -1.08. The van der Waals surface area contributed by atoms with Crippen molar-refractivity contribution in [2.45, 2.75) is 218 Å². The molecule has 390 valence electrons. The Balaban J connectivity index is 1.19. The summed E-state index contributed by atoms with van der Waals surface area (Å²) in [5.41, 5.74) is 0. The molecular weight excluding hydrogens is 912 g/mol. The van der Waals surface area contributed by atoms with E-state index in [4.69, 9.17) is 56.8 Å². The smallest absolute Gasteiger partial charge is 0.187 e. The van der Waals surface area contributed by atoms with E-state index in [9.17, 15) is 76.6 Å². The van der Waals surface area contributed by atoms with Crippen molar-refractivity contribution in [1.82, 2.24) is 0 Å². The molecule has 0 spiro atoms. The Morgan fingerprint density at radius 1 is 0.343 bits per heavy atom. The van der Waals surface area contributed by atoms with Crippen LogP contribution in [-0.4, -0.2) is 281 Å². The van der Waals surface area contributed by atoms with E-state index in [2.05, 4.69) is 0 Å². The minimum Gasteiger partial charge on any atom is -0.394 e. The summed E-state index contributed by atoms with van der Waals surface area (Å²) in [6.45, 7) is 1.69. The summed E-state index contributed by atoms with van der Waals surface area (Å²) in [6, 6.07) is 0. The number of aliphatic hydroxyl groups is 15. The van der Waals surface area contributed by atoms with E-state index in [1.807, 2.05) is 13.8 Å². The van der Waals surface area contributed by atoms with Gasteiger partial charge in [-0.05, 0) is 18.8 Å². The Kier molecular flexibility index (Phi) is 18.3. The zero-order chi connectivity index (χ0) is 48.8. The molecule has 22 fully saturated rings.